The number of carbonyl (C=O) groups excluding carboxylic acids is 3. The molecule has 0 radical (unpaired) electrons. The van der Waals surface area contributed by atoms with Crippen molar-refractivity contribution >= 4 is 17.9 Å². The van der Waals surface area contributed by atoms with E-state index < -0.39 is 5.60 Å². The SMILES string of the molecule is CC(C)(C)OC(=O)N1CCN(C(=O)CCC(=O)NC2CCCCC2)CC1. The third-order valence-corrected chi connectivity index (χ3v) is 4.82. The van der Waals surface area contributed by atoms with Gasteiger partial charge in [-0.15, -0.1) is 0 Å². The number of carbonyl (C=O) groups is 3. The number of rotatable bonds is 4. The van der Waals surface area contributed by atoms with E-state index in [0.717, 1.165) is 12.8 Å². The highest BCUT2D eigenvalue weighted by Crippen LogP contribution is 2.17. The van der Waals surface area contributed by atoms with Gasteiger partial charge >= 0.3 is 6.09 Å². The zero-order chi connectivity index (χ0) is 19.2. The summed E-state index contributed by atoms with van der Waals surface area (Å²) >= 11 is 0. The number of nitrogens with zero attached hydrogens (tertiary/aromatic N) is 2. The minimum absolute atomic E-state index is 0.0207. The van der Waals surface area contributed by atoms with Crippen molar-refractivity contribution in [3.63, 3.8) is 0 Å². The number of ether oxygens (including phenoxy) is 1. The second kappa shape index (κ2) is 9.24. The summed E-state index contributed by atoms with van der Waals surface area (Å²) in [4.78, 5) is 39.7. The Labute approximate surface area is 156 Å². The maximum Gasteiger partial charge on any atom is 0.410 e. The molecule has 0 unspecified atom stereocenters. The molecule has 1 saturated heterocycles. The topological polar surface area (TPSA) is 79.0 Å². The lowest BCUT2D eigenvalue weighted by atomic mass is 9.95. The van der Waals surface area contributed by atoms with E-state index in [2.05, 4.69) is 5.32 Å². The fraction of sp³-hybridized carbons (Fsp3) is 0.842. The number of hydrogen-bond acceptors (Lipinski definition) is 4. The predicted octanol–water partition coefficient (Wildman–Crippen LogP) is 2.29. The predicted molar refractivity (Wildman–Crippen MR) is 98.6 cm³/mol. The quantitative estimate of drug-likeness (QED) is 0.827. The zero-order valence-electron chi connectivity index (χ0n) is 16.4. The molecule has 0 atom stereocenters. The van der Waals surface area contributed by atoms with E-state index in [1.165, 1.54) is 19.3 Å². The van der Waals surface area contributed by atoms with Crippen molar-refractivity contribution in [1.82, 2.24) is 15.1 Å². The lowest BCUT2D eigenvalue weighted by Crippen LogP contribution is -2.51. The molecule has 2 rings (SSSR count). The lowest BCUT2D eigenvalue weighted by Gasteiger charge is -2.35. The lowest BCUT2D eigenvalue weighted by molar-refractivity contribution is -0.135. The minimum Gasteiger partial charge on any atom is -0.444 e. The number of piperazine rings is 1. The highest BCUT2D eigenvalue weighted by atomic mass is 16.6. The van der Waals surface area contributed by atoms with Crippen LogP contribution in [0.4, 0.5) is 4.79 Å². The summed E-state index contributed by atoms with van der Waals surface area (Å²) < 4.78 is 5.35. The zero-order valence-corrected chi connectivity index (χ0v) is 16.4. The number of hydrogen-bond donors (Lipinski definition) is 1. The third kappa shape index (κ3) is 6.84. The van der Waals surface area contributed by atoms with Gasteiger partial charge in [-0.3, -0.25) is 9.59 Å². The Balaban J connectivity index is 1.66. The molecule has 1 aliphatic carbocycles. The first-order valence-corrected chi connectivity index (χ1v) is 9.80. The molecule has 0 aromatic heterocycles. The molecular weight excluding hydrogens is 334 g/mol. The van der Waals surface area contributed by atoms with Crippen molar-refractivity contribution in [3.8, 4) is 0 Å². The molecule has 1 N–H and O–H groups in total. The summed E-state index contributed by atoms with van der Waals surface area (Å²) in [6.45, 7) is 7.42. The molecule has 7 heteroatoms. The molecule has 1 heterocycles. The summed E-state index contributed by atoms with van der Waals surface area (Å²) in [5.74, 6) is -0.0507. The molecule has 1 aliphatic heterocycles. The Morgan fingerprint density at radius 3 is 2.08 bits per heavy atom. The summed E-state index contributed by atoms with van der Waals surface area (Å²) in [6.07, 6.45) is 5.82. The molecular formula is C19H33N3O4. The summed E-state index contributed by atoms with van der Waals surface area (Å²) in [7, 11) is 0. The van der Waals surface area contributed by atoms with Gasteiger partial charge in [0, 0.05) is 45.1 Å². The second-order valence-electron chi connectivity index (χ2n) is 8.25. The molecule has 0 spiro atoms. The molecule has 148 valence electrons. The van der Waals surface area contributed by atoms with Gasteiger partial charge in [-0.1, -0.05) is 19.3 Å². The number of amides is 3. The standard InChI is InChI=1S/C19H33N3O4/c1-19(2,3)26-18(25)22-13-11-21(12-14-22)17(24)10-9-16(23)20-15-7-5-4-6-8-15/h15H,4-14H2,1-3H3,(H,20,23). The molecule has 2 fully saturated rings. The van der Waals surface area contributed by atoms with E-state index in [1.807, 2.05) is 20.8 Å². The minimum atomic E-state index is -0.518. The maximum atomic E-state index is 12.3. The van der Waals surface area contributed by atoms with E-state index in [0.29, 0.717) is 26.2 Å². The second-order valence-corrected chi connectivity index (χ2v) is 8.25. The van der Waals surface area contributed by atoms with Gasteiger partial charge in [0.05, 0.1) is 0 Å². The Morgan fingerprint density at radius 1 is 0.923 bits per heavy atom. The van der Waals surface area contributed by atoms with Crippen LogP contribution < -0.4 is 5.32 Å². The number of nitrogens with one attached hydrogen (secondary N) is 1. The Morgan fingerprint density at radius 2 is 1.50 bits per heavy atom. The molecule has 0 aromatic carbocycles. The largest absolute Gasteiger partial charge is 0.444 e. The fourth-order valence-corrected chi connectivity index (χ4v) is 3.39. The van der Waals surface area contributed by atoms with E-state index in [9.17, 15) is 14.4 Å². The van der Waals surface area contributed by atoms with Crippen molar-refractivity contribution in [1.29, 1.82) is 0 Å². The normalized spacial score (nSPS) is 19.2. The first-order valence-electron chi connectivity index (χ1n) is 9.80. The first kappa shape index (κ1) is 20.5. The van der Waals surface area contributed by atoms with Crippen LogP contribution in [-0.4, -0.2) is 65.5 Å². The van der Waals surface area contributed by atoms with Gasteiger partial charge < -0.3 is 19.9 Å². The van der Waals surface area contributed by atoms with Gasteiger partial charge in [-0.2, -0.15) is 0 Å². The van der Waals surface area contributed by atoms with Gasteiger partial charge in [0.25, 0.3) is 0 Å². The van der Waals surface area contributed by atoms with Crippen LogP contribution in [0.3, 0.4) is 0 Å². The van der Waals surface area contributed by atoms with Crippen LogP contribution in [-0.2, 0) is 14.3 Å². The highest BCUT2D eigenvalue weighted by Gasteiger charge is 2.27. The third-order valence-electron chi connectivity index (χ3n) is 4.82. The monoisotopic (exact) mass is 367 g/mol. The van der Waals surface area contributed by atoms with Gasteiger partial charge in [-0.25, -0.2) is 4.79 Å². The summed E-state index contributed by atoms with van der Waals surface area (Å²) in [5.41, 5.74) is -0.518. The van der Waals surface area contributed by atoms with E-state index in [1.54, 1.807) is 9.80 Å². The maximum absolute atomic E-state index is 12.3. The first-order chi connectivity index (χ1) is 12.2. The Hall–Kier alpha value is -1.79. The van der Waals surface area contributed by atoms with Crippen molar-refractivity contribution in [2.45, 2.75) is 77.4 Å². The van der Waals surface area contributed by atoms with E-state index >= 15 is 0 Å². The molecule has 2 aliphatic rings. The average Bonchev–Trinajstić information content (AvgIpc) is 2.59. The van der Waals surface area contributed by atoms with Gasteiger partial charge in [0.15, 0.2) is 0 Å². The average molecular weight is 367 g/mol. The van der Waals surface area contributed by atoms with Crippen molar-refractivity contribution < 1.29 is 19.1 Å². The highest BCUT2D eigenvalue weighted by molar-refractivity contribution is 5.84. The van der Waals surface area contributed by atoms with Gasteiger partial charge in [0.2, 0.25) is 11.8 Å². The van der Waals surface area contributed by atoms with Crippen LogP contribution in [0.5, 0.6) is 0 Å². The molecule has 0 bridgehead atoms. The van der Waals surface area contributed by atoms with E-state index in [4.69, 9.17) is 4.74 Å². The molecule has 26 heavy (non-hydrogen) atoms. The van der Waals surface area contributed by atoms with Gasteiger partial charge in [-0.05, 0) is 33.6 Å². The van der Waals surface area contributed by atoms with Crippen LogP contribution in [0.15, 0.2) is 0 Å². The van der Waals surface area contributed by atoms with Crippen LogP contribution in [0.25, 0.3) is 0 Å². The Kier molecular flexibility index (Phi) is 7.29. The van der Waals surface area contributed by atoms with Gasteiger partial charge in [0.1, 0.15) is 5.60 Å². The van der Waals surface area contributed by atoms with Crippen LogP contribution in [0.2, 0.25) is 0 Å². The Bertz CT molecular complexity index is 501. The summed E-state index contributed by atoms with van der Waals surface area (Å²) in [5, 5.41) is 3.04. The fourth-order valence-electron chi connectivity index (χ4n) is 3.39. The summed E-state index contributed by atoms with van der Waals surface area (Å²) in [6, 6.07) is 0.281. The van der Waals surface area contributed by atoms with E-state index in [-0.39, 0.29) is 36.8 Å². The van der Waals surface area contributed by atoms with Crippen LogP contribution in [0.1, 0.15) is 65.7 Å². The smallest absolute Gasteiger partial charge is 0.410 e. The molecule has 3 amide bonds. The molecule has 0 aromatic rings. The van der Waals surface area contributed by atoms with Crippen LogP contribution in [0, 0.1) is 0 Å². The molecule has 7 nitrogen and oxygen atoms in total. The molecule has 1 saturated carbocycles. The van der Waals surface area contributed by atoms with Crippen molar-refractivity contribution in [2.24, 2.45) is 0 Å². The van der Waals surface area contributed by atoms with Crippen LogP contribution >= 0.6 is 0 Å². The van der Waals surface area contributed by atoms with Crippen molar-refractivity contribution in [2.75, 3.05) is 26.2 Å². The van der Waals surface area contributed by atoms with Crippen molar-refractivity contribution in [3.05, 3.63) is 0 Å².